The second-order valence-electron chi connectivity index (χ2n) is 29.8. The maximum Gasteiger partial charge on any atom is 0.245 e. The van der Waals surface area contributed by atoms with Crippen LogP contribution < -0.4 is 43.0 Å². The molecule has 0 saturated heterocycles. The molecular weight excluding hydrogens is 1500 g/mol. The van der Waals surface area contributed by atoms with Crippen molar-refractivity contribution in [2.45, 2.75) is 167 Å². The number of Topliss-reactive ketones (excluding diaryl/α,β-unsaturated/α-hetero) is 3. The summed E-state index contributed by atoms with van der Waals surface area (Å²) >= 11 is 0. The van der Waals surface area contributed by atoms with Crippen LogP contribution in [0.5, 0.6) is 11.5 Å². The molecule has 0 saturated carbocycles. The monoisotopic (exact) mass is 1610 g/mol. The van der Waals surface area contributed by atoms with Crippen molar-refractivity contribution in [2.24, 2.45) is 28.1 Å². The number of nitrogens with one attached hydrogen (secondary N) is 8. The van der Waals surface area contributed by atoms with Gasteiger partial charge in [0.05, 0.1) is 44.3 Å². The Balaban J connectivity index is 1.24. The fraction of sp³-hybridized carbons (Fsp3) is 0.444. The molecule has 0 spiro atoms. The number of benzene rings is 4. The van der Waals surface area contributed by atoms with E-state index in [-0.39, 0.29) is 54.9 Å². The molecule has 11 amide bonds. The van der Waals surface area contributed by atoms with Gasteiger partial charge in [-0.25, -0.2) is 9.37 Å². The number of carbonyl (C=O) groups excluding carboxylic acids is 14. The number of aromatic hydroxyl groups is 2. The summed E-state index contributed by atoms with van der Waals surface area (Å²) in [7, 11) is 3.72. The molecule has 0 fully saturated rings. The number of ketones is 3. The van der Waals surface area contributed by atoms with Crippen LogP contribution in [0.4, 0.5) is 4.39 Å². The van der Waals surface area contributed by atoms with E-state index in [0.29, 0.717) is 46.1 Å². The molecule has 0 unspecified atom stereocenters. The minimum Gasteiger partial charge on any atom is -0.508 e. The van der Waals surface area contributed by atoms with E-state index in [9.17, 15) is 83.1 Å². The lowest BCUT2D eigenvalue weighted by atomic mass is 9.81. The second kappa shape index (κ2) is 43.7. The number of halogens is 1. The standard InChI is InChI=1S/C81H103FN16O18/c1-11-16-52(34-46(3)101)73(109)93-64(44-100)77(113)90-59(35-48-22-28-55(102)29-23-48)76(112)94-69(81(5,6)7)67(105)33-45(2)72(108)92-62(41-87-95-84)79(115)97(9)47(4)66(104)39-58(51-17-13-12-14-18-51)74(110)89-60(38-53-40-86-71-57(53)19-15-32-85-71)75(111)91-61(36-49-24-30-56(103)31-25-49)78(114)98(10)65(37-50-20-26-54(82)27-21-50)80(116)96(8)42-68(106)88-63(43-99)70(83)107/h12-15,17-32,40,45,47,52,58-65,69,99-100,102-103H,11,16,33-39,41-44H2,1-10H3,(H2,83,107)(H,85,86)(H,88,106)(H,89,110)(H,90,113)(H,91,111)(H,92,108)(H,93,109)(H,94,112)/t45-,47+,52-,58+,59+,60+,61+,62+,63+,64+,65+,69-/m1/s1. The Bertz CT molecular complexity index is 4520. The first-order valence-corrected chi connectivity index (χ1v) is 37.6. The van der Waals surface area contributed by atoms with E-state index in [2.05, 4.69) is 57.2 Å². The molecule has 116 heavy (non-hydrogen) atoms. The van der Waals surface area contributed by atoms with E-state index in [1.807, 2.05) is 0 Å². The molecule has 14 N–H and O–H groups in total. The van der Waals surface area contributed by atoms with Crippen molar-refractivity contribution >= 4 is 93.4 Å². The minimum atomic E-state index is -1.67. The lowest BCUT2D eigenvalue weighted by Crippen LogP contribution is -2.59. The van der Waals surface area contributed by atoms with Crippen molar-refractivity contribution in [2.75, 3.05) is 47.4 Å². The van der Waals surface area contributed by atoms with E-state index < -0.39 is 199 Å². The van der Waals surface area contributed by atoms with Gasteiger partial charge in [0, 0.05) is 101 Å². The molecule has 2 aromatic heterocycles. The van der Waals surface area contributed by atoms with Crippen LogP contribution in [0.15, 0.2) is 133 Å². The van der Waals surface area contributed by atoms with Crippen molar-refractivity contribution in [3.05, 3.63) is 172 Å². The number of primary amides is 1. The molecular formula is C81H103FN16O18. The summed E-state index contributed by atoms with van der Waals surface area (Å²) in [5.41, 5.74) is 16.0. The second-order valence-corrected chi connectivity index (χ2v) is 29.8. The number of amides is 11. The van der Waals surface area contributed by atoms with Gasteiger partial charge in [0.15, 0.2) is 11.6 Å². The minimum absolute atomic E-state index is 0.106. The number of likely N-dealkylation sites (N-methyl/N-ethyl adjacent to an activating group) is 3. The van der Waals surface area contributed by atoms with Gasteiger partial charge in [-0.05, 0) is 108 Å². The normalized spacial score (nSPS) is 14.4. The number of fused-ring (bicyclic) bond motifs is 1. The Kier molecular flexibility index (Phi) is 34.8. The molecule has 4 aromatic carbocycles. The molecule has 34 nitrogen and oxygen atoms in total. The summed E-state index contributed by atoms with van der Waals surface area (Å²) in [4.78, 5) is 211. The molecule has 0 aliphatic rings. The number of hydrogen-bond donors (Lipinski definition) is 13. The Labute approximate surface area is 669 Å². The first-order valence-electron chi connectivity index (χ1n) is 37.6. The lowest BCUT2D eigenvalue weighted by Gasteiger charge is -2.34. The smallest absolute Gasteiger partial charge is 0.245 e. The number of rotatable bonds is 44. The molecule has 622 valence electrons. The van der Waals surface area contributed by atoms with Crippen LogP contribution >= 0.6 is 0 Å². The molecule has 0 aliphatic heterocycles. The number of aliphatic hydroxyl groups excluding tert-OH is 2. The van der Waals surface area contributed by atoms with Crippen molar-refractivity contribution < 1.29 is 91.9 Å². The van der Waals surface area contributed by atoms with Gasteiger partial charge in [-0.3, -0.25) is 62.3 Å². The summed E-state index contributed by atoms with van der Waals surface area (Å²) in [5.74, 6) is -16.1. The third kappa shape index (κ3) is 27.1. The van der Waals surface area contributed by atoms with Gasteiger partial charge < -0.3 is 87.9 Å². The summed E-state index contributed by atoms with van der Waals surface area (Å²) in [6.45, 7) is 7.51. The quantitative estimate of drug-likeness (QED) is 0.0148. The lowest BCUT2D eigenvalue weighted by molar-refractivity contribution is -0.147. The molecule has 0 radical (unpaired) electrons. The molecule has 35 heteroatoms. The predicted molar refractivity (Wildman–Crippen MR) is 422 cm³/mol. The highest BCUT2D eigenvalue weighted by Gasteiger charge is 2.41. The number of aliphatic hydroxyl groups is 2. The number of carbonyl (C=O) groups is 14. The number of nitrogens with two attached hydrogens (primary N) is 1. The Hall–Kier alpha value is -12.5. The number of H-pyrrole nitrogens is 1. The molecule has 0 bridgehead atoms. The summed E-state index contributed by atoms with van der Waals surface area (Å²) in [5, 5.41) is 62.4. The van der Waals surface area contributed by atoms with E-state index >= 15 is 14.4 Å². The number of hydrogen-bond acceptors (Lipinski definition) is 20. The SMILES string of the molecule is CCC[C@H](CC(C)=O)C(=O)N[C@@H](CO)C(=O)N[C@@H](Cc1ccc(O)cc1)C(=O)N[C@H](C(=O)C[C@@H](C)C(=O)N[C@@H](CN=[N+]=[N-])C(=O)N(C)[C@@H](C)C(=O)C[C@H](C(=O)N[C@@H](Cc1c[nH]c2ncccc12)C(=O)N[C@@H](Cc1ccc(O)cc1)C(=O)N(C)[C@@H](Cc1ccc(F)cc1)C(=O)N(C)CC(=O)N[C@@H](CO)C(N)=O)c1ccccc1)C(C)(C)C. The van der Waals surface area contributed by atoms with Crippen LogP contribution in [0, 0.1) is 23.1 Å². The molecule has 6 rings (SSSR count). The third-order valence-electron chi connectivity index (χ3n) is 19.7. The van der Waals surface area contributed by atoms with Crippen LogP contribution in [0.2, 0.25) is 0 Å². The number of phenols is 2. The first kappa shape index (κ1) is 92.4. The van der Waals surface area contributed by atoms with Gasteiger partial charge >= 0.3 is 0 Å². The average Bonchev–Trinajstić information content (AvgIpc) is 1.48. The number of nitrogens with zero attached hydrogens (tertiary/aromatic N) is 7. The molecule has 12 atom stereocenters. The maximum absolute atomic E-state index is 15.4. The highest BCUT2D eigenvalue weighted by Crippen LogP contribution is 2.27. The topological polar surface area (TPSA) is 517 Å². The van der Waals surface area contributed by atoms with Crippen molar-refractivity contribution in [3.63, 3.8) is 0 Å². The van der Waals surface area contributed by atoms with E-state index in [1.54, 1.807) is 76.4 Å². The number of aromatic nitrogens is 2. The van der Waals surface area contributed by atoms with Crippen molar-refractivity contribution in [1.82, 2.24) is 61.9 Å². The highest BCUT2D eigenvalue weighted by atomic mass is 19.1. The number of aromatic amines is 1. The van der Waals surface area contributed by atoms with Gasteiger partial charge in [0.2, 0.25) is 65.0 Å². The predicted octanol–water partition coefficient (Wildman–Crippen LogP) is 2.47. The van der Waals surface area contributed by atoms with E-state index in [1.165, 1.54) is 109 Å². The number of pyridine rings is 1. The van der Waals surface area contributed by atoms with Crippen molar-refractivity contribution in [3.8, 4) is 11.5 Å². The summed E-state index contributed by atoms with van der Waals surface area (Å²) < 4.78 is 14.3. The van der Waals surface area contributed by atoms with Crippen LogP contribution in [0.1, 0.15) is 114 Å². The summed E-state index contributed by atoms with van der Waals surface area (Å²) in [6.07, 6.45) is 1.46. The summed E-state index contributed by atoms with van der Waals surface area (Å²) in [6, 6.07) is 13.8. The molecule has 0 aliphatic carbocycles. The highest BCUT2D eigenvalue weighted by molar-refractivity contribution is 6.01. The van der Waals surface area contributed by atoms with Crippen LogP contribution in [0.3, 0.4) is 0 Å². The zero-order valence-electron chi connectivity index (χ0n) is 66.3. The fourth-order valence-corrected chi connectivity index (χ4v) is 12.9. The van der Waals surface area contributed by atoms with Crippen LogP contribution in [-0.2, 0) is 92.8 Å². The van der Waals surface area contributed by atoms with Gasteiger partial charge in [0.25, 0.3) is 0 Å². The fourth-order valence-electron chi connectivity index (χ4n) is 12.9. The van der Waals surface area contributed by atoms with E-state index in [0.717, 1.165) is 26.8 Å². The molecule has 6 aromatic rings. The van der Waals surface area contributed by atoms with Gasteiger partial charge in [0.1, 0.15) is 71.0 Å². The van der Waals surface area contributed by atoms with Gasteiger partial charge in [-0.2, -0.15) is 0 Å². The first-order chi connectivity index (χ1) is 54.9. The zero-order chi connectivity index (χ0) is 85.8. The third-order valence-corrected chi connectivity index (χ3v) is 19.7. The van der Waals surface area contributed by atoms with Crippen LogP contribution in [-0.4, -0.2) is 229 Å². The average molecular weight is 1610 g/mol. The van der Waals surface area contributed by atoms with Crippen molar-refractivity contribution in [1.29, 1.82) is 0 Å². The Morgan fingerprint density at radius 1 is 0.586 bits per heavy atom. The Morgan fingerprint density at radius 2 is 1.11 bits per heavy atom. The van der Waals surface area contributed by atoms with Crippen LogP contribution in [0.25, 0.3) is 21.5 Å². The Morgan fingerprint density at radius 3 is 1.68 bits per heavy atom. The zero-order valence-corrected chi connectivity index (χ0v) is 66.3. The molecule has 2 heterocycles. The number of azide groups is 1. The van der Waals surface area contributed by atoms with E-state index in [4.69, 9.17) is 5.73 Å². The van der Waals surface area contributed by atoms with Gasteiger partial charge in [-0.15, -0.1) is 0 Å². The largest absolute Gasteiger partial charge is 0.508 e. The number of phenolic OH excluding ortho intramolecular Hbond substituents is 2. The maximum atomic E-state index is 15.4. The van der Waals surface area contributed by atoms with Gasteiger partial charge in [-0.1, -0.05) is 113 Å².